The van der Waals surface area contributed by atoms with Gasteiger partial charge < -0.3 is 9.80 Å². The molecule has 170 valence electrons. The van der Waals surface area contributed by atoms with Crippen LogP contribution in [0.25, 0.3) is 10.6 Å². The third kappa shape index (κ3) is 3.57. The second kappa shape index (κ2) is 9.00. The molecule has 0 bridgehead atoms. The normalized spacial score (nSPS) is 17.7. The van der Waals surface area contributed by atoms with E-state index in [4.69, 9.17) is 11.6 Å². The first-order valence-electron chi connectivity index (χ1n) is 10.8. The molecular formula is C26H21ClN4O2S. The van der Waals surface area contributed by atoms with Gasteiger partial charge in [-0.2, -0.15) is 0 Å². The molecule has 3 heterocycles. The highest BCUT2D eigenvalue weighted by atomic mass is 35.5. The van der Waals surface area contributed by atoms with Crippen molar-refractivity contribution in [2.45, 2.75) is 12.6 Å². The molecule has 34 heavy (non-hydrogen) atoms. The van der Waals surface area contributed by atoms with E-state index in [0.717, 1.165) is 33.7 Å². The zero-order valence-corrected chi connectivity index (χ0v) is 20.0. The van der Waals surface area contributed by atoms with Crippen molar-refractivity contribution in [2.75, 3.05) is 13.1 Å². The third-order valence-corrected chi connectivity index (χ3v) is 7.30. The Kier molecular flexibility index (Phi) is 5.89. The number of aromatic nitrogens is 2. The molecule has 1 fully saturated rings. The van der Waals surface area contributed by atoms with Crippen molar-refractivity contribution in [3.63, 3.8) is 0 Å². The van der Waals surface area contributed by atoms with E-state index in [9.17, 15) is 9.59 Å². The second-order valence-electron chi connectivity index (χ2n) is 8.02. The molecule has 0 N–H and O–H groups in total. The number of benzene rings is 2. The zero-order valence-electron chi connectivity index (χ0n) is 18.4. The highest BCUT2D eigenvalue weighted by molar-refractivity contribution is 7.13. The van der Waals surface area contributed by atoms with Gasteiger partial charge in [-0.25, -0.2) is 4.98 Å². The molecule has 2 aromatic carbocycles. The quantitative estimate of drug-likeness (QED) is 0.371. The molecular weight excluding hydrogens is 468 g/mol. The number of hydrogen-bond acceptors (Lipinski definition) is 5. The van der Waals surface area contributed by atoms with Crippen LogP contribution in [0.15, 0.2) is 78.4 Å². The van der Waals surface area contributed by atoms with Gasteiger partial charge in [-0.15, -0.1) is 11.3 Å². The van der Waals surface area contributed by atoms with Gasteiger partial charge in [0.05, 0.1) is 0 Å². The van der Waals surface area contributed by atoms with E-state index < -0.39 is 5.66 Å². The van der Waals surface area contributed by atoms with Crippen LogP contribution < -0.4 is 0 Å². The van der Waals surface area contributed by atoms with Crippen LogP contribution in [0.4, 0.5) is 0 Å². The van der Waals surface area contributed by atoms with E-state index in [1.165, 1.54) is 11.3 Å². The Balaban J connectivity index is 1.67. The molecule has 1 unspecified atom stereocenters. The minimum atomic E-state index is -1.12. The minimum absolute atomic E-state index is 0.237. The maximum atomic E-state index is 14.0. The molecule has 4 aromatic rings. The lowest BCUT2D eigenvalue weighted by Crippen LogP contribution is -2.53. The smallest absolute Gasteiger partial charge is 0.275 e. The van der Waals surface area contributed by atoms with E-state index in [-0.39, 0.29) is 5.91 Å². The molecule has 1 aliphatic heterocycles. The van der Waals surface area contributed by atoms with E-state index in [1.807, 2.05) is 55.5 Å². The molecule has 1 atom stereocenters. The number of thiazole rings is 1. The Hall–Kier alpha value is -3.55. The van der Waals surface area contributed by atoms with Gasteiger partial charge in [0.2, 0.25) is 6.41 Å². The van der Waals surface area contributed by atoms with Crippen molar-refractivity contribution in [3.05, 3.63) is 106 Å². The summed E-state index contributed by atoms with van der Waals surface area (Å²) in [6.45, 7) is 2.76. The summed E-state index contributed by atoms with van der Waals surface area (Å²) in [7, 11) is 0. The average molecular weight is 489 g/mol. The summed E-state index contributed by atoms with van der Waals surface area (Å²) in [4.78, 5) is 38.5. The van der Waals surface area contributed by atoms with Gasteiger partial charge in [0.15, 0.2) is 5.66 Å². The maximum Gasteiger partial charge on any atom is 0.275 e. The number of amides is 2. The highest BCUT2D eigenvalue weighted by Gasteiger charge is 2.53. The van der Waals surface area contributed by atoms with Crippen molar-refractivity contribution >= 4 is 35.3 Å². The third-order valence-electron chi connectivity index (χ3n) is 6.16. The van der Waals surface area contributed by atoms with Crippen LogP contribution in [0.1, 0.15) is 27.2 Å². The first kappa shape index (κ1) is 22.3. The van der Waals surface area contributed by atoms with Crippen LogP contribution >= 0.6 is 22.9 Å². The summed E-state index contributed by atoms with van der Waals surface area (Å²) in [6, 6.07) is 18.9. The first-order chi connectivity index (χ1) is 16.6. The SMILES string of the molecule is Cc1ccccc1C1(c2ccc(Cl)cc2)N(C=O)CCN1C(=O)c1csc(-c2ccncc2)n1. The molecule has 1 aliphatic rings. The van der Waals surface area contributed by atoms with Gasteiger partial charge in [0.25, 0.3) is 5.91 Å². The fraction of sp³-hybridized carbons (Fsp3) is 0.154. The summed E-state index contributed by atoms with van der Waals surface area (Å²) in [5, 5.41) is 3.09. The predicted molar refractivity (Wildman–Crippen MR) is 133 cm³/mol. The van der Waals surface area contributed by atoms with E-state index in [1.54, 1.807) is 39.7 Å². The van der Waals surface area contributed by atoms with Gasteiger partial charge >= 0.3 is 0 Å². The molecule has 0 spiro atoms. The number of carbonyl (C=O) groups excluding carboxylic acids is 2. The van der Waals surface area contributed by atoms with Crippen molar-refractivity contribution in [1.82, 2.24) is 19.8 Å². The first-order valence-corrected chi connectivity index (χ1v) is 12.0. The largest absolute Gasteiger partial charge is 0.312 e. The Morgan fingerprint density at radius 3 is 2.50 bits per heavy atom. The van der Waals surface area contributed by atoms with Crippen molar-refractivity contribution in [2.24, 2.45) is 0 Å². The summed E-state index contributed by atoms with van der Waals surface area (Å²) in [5.74, 6) is -0.237. The van der Waals surface area contributed by atoms with Gasteiger partial charge in [0, 0.05) is 52.6 Å². The van der Waals surface area contributed by atoms with Crippen LogP contribution in [0.2, 0.25) is 5.02 Å². The Morgan fingerprint density at radius 2 is 1.79 bits per heavy atom. The fourth-order valence-corrected chi connectivity index (χ4v) is 5.55. The monoisotopic (exact) mass is 488 g/mol. The van der Waals surface area contributed by atoms with Crippen LogP contribution in [0.5, 0.6) is 0 Å². The number of rotatable bonds is 5. The Morgan fingerprint density at radius 1 is 1.06 bits per heavy atom. The molecule has 6 nitrogen and oxygen atoms in total. The number of pyridine rings is 1. The van der Waals surface area contributed by atoms with Gasteiger partial charge in [0.1, 0.15) is 10.7 Å². The average Bonchev–Trinajstić information content (AvgIpc) is 3.51. The summed E-state index contributed by atoms with van der Waals surface area (Å²) in [5.41, 5.74) is 2.75. The predicted octanol–water partition coefficient (Wildman–Crippen LogP) is 4.98. The van der Waals surface area contributed by atoms with E-state index in [2.05, 4.69) is 9.97 Å². The zero-order chi connectivity index (χ0) is 23.7. The summed E-state index contributed by atoms with van der Waals surface area (Å²) >= 11 is 7.60. The van der Waals surface area contributed by atoms with Crippen LogP contribution in [0, 0.1) is 6.92 Å². The minimum Gasteiger partial charge on any atom is -0.312 e. The lowest BCUT2D eigenvalue weighted by molar-refractivity contribution is -0.123. The molecule has 2 amide bonds. The van der Waals surface area contributed by atoms with E-state index in [0.29, 0.717) is 23.8 Å². The standard InChI is InChI=1S/C26H21ClN4O2S/c1-18-4-2-3-5-22(18)26(20-6-8-21(27)9-7-20)30(17-32)14-15-31(26)25(33)23-16-34-24(29-23)19-10-12-28-13-11-19/h2-13,16-17H,14-15H2,1H3. The van der Waals surface area contributed by atoms with Crippen LogP contribution in [-0.2, 0) is 10.5 Å². The molecule has 0 saturated carbocycles. The second-order valence-corrected chi connectivity index (χ2v) is 9.32. The number of nitrogens with zero attached hydrogens (tertiary/aromatic N) is 4. The maximum absolute atomic E-state index is 14.0. The van der Waals surface area contributed by atoms with Gasteiger partial charge in [-0.05, 0) is 36.8 Å². The number of hydrogen-bond donors (Lipinski definition) is 0. The van der Waals surface area contributed by atoms with Gasteiger partial charge in [-0.1, -0.05) is 48.0 Å². The fourth-order valence-electron chi connectivity index (χ4n) is 4.62. The molecule has 5 rings (SSSR count). The number of halogens is 1. The number of aryl methyl sites for hydroxylation is 1. The van der Waals surface area contributed by atoms with Crippen molar-refractivity contribution in [1.29, 1.82) is 0 Å². The Bertz CT molecular complexity index is 1340. The van der Waals surface area contributed by atoms with Crippen molar-refractivity contribution < 1.29 is 9.59 Å². The number of carbonyl (C=O) groups is 2. The van der Waals surface area contributed by atoms with Gasteiger partial charge in [-0.3, -0.25) is 14.6 Å². The topological polar surface area (TPSA) is 66.4 Å². The molecule has 8 heteroatoms. The Labute approximate surface area is 206 Å². The van der Waals surface area contributed by atoms with Crippen molar-refractivity contribution in [3.8, 4) is 10.6 Å². The summed E-state index contributed by atoms with van der Waals surface area (Å²) in [6.07, 6.45) is 4.21. The molecule has 1 saturated heterocycles. The van der Waals surface area contributed by atoms with Crippen LogP contribution in [0.3, 0.4) is 0 Å². The molecule has 0 aliphatic carbocycles. The summed E-state index contributed by atoms with van der Waals surface area (Å²) < 4.78 is 0. The van der Waals surface area contributed by atoms with Crippen LogP contribution in [-0.4, -0.2) is 45.2 Å². The lowest BCUT2D eigenvalue weighted by Gasteiger charge is -2.43. The van der Waals surface area contributed by atoms with E-state index >= 15 is 0 Å². The highest BCUT2D eigenvalue weighted by Crippen LogP contribution is 2.44. The molecule has 0 radical (unpaired) electrons. The lowest BCUT2D eigenvalue weighted by atomic mass is 9.86. The molecule has 2 aromatic heterocycles.